The lowest BCUT2D eigenvalue weighted by Crippen LogP contribution is -2.53. The van der Waals surface area contributed by atoms with E-state index in [1.54, 1.807) is 28.6 Å². The molecule has 1 aliphatic heterocycles. The first-order valence-electron chi connectivity index (χ1n) is 8.02. The molecule has 1 saturated heterocycles. The molecule has 0 aliphatic carbocycles. The number of nitrogens with one attached hydrogen (secondary N) is 1. The summed E-state index contributed by atoms with van der Waals surface area (Å²) in [5.41, 5.74) is 1.20. The summed E-state index contributed by atoms with van der Waals surface area (Å²) in [6.07, 6.45) is 0.804. The molecular weight excluding hydrogens is 324 g/mol. The number of sulfonamides is 1. The molecule has 0 saturated carbocycles. The van der Waals surface area contributed by atoms with Gasteiger partial charge in [0.1, 0.15) is 10.6 Å². The Morgan fingerprint density at radius 3 is 2.58 bits per heavy atom. The van der Waals surface area contributed by atoms with E-state index in [2.05, 4.69) is 17.4 Å². The summed E-state index contributed by atoms with van der Waals surface area (Å²) >= 11 is 0. The summed E-state index contributed by atoms with van der Waals surface area (Å²) in [6.45, 7) is 1.56. The highest BCUT2D eigenvalue weighted by Gasteiger charge is 2.31. The van der Waals surface area contributed by atoms with Gasteiger partial charge >= 0.3 is 0 Å². The van der Waals surface area contributed by atoms with Crippen molar-refractivity contribution in [1.82, 2.24) is 9.62 Å². The molecular formula is C18H22N2O3S. The Morgan fingerprint density at radius 1 is 1.12 bits per heavy atom. The summed E-state index contributed by atoms with van der Waals surface area (Å²) in [5, 5.41) is 3.41. The lowest BCUT2D eigenvalue weighted by atomic mass is 10.1. The van der Waals surface area contributed by atoms with Crippen LogP contribution >= 0.6 is 0 Å². The molecule has 1 fully saturated rings. The Labute approximate surface area is 143 Å². The fourth-order valence-corrected chi connectivity index (χ4v) is 4.66. The van der Waals surface area contributed by atoms with Gasteiger partial charge < -0.3 is 10.1 Å². The zero-order valence-corrected chi connectivity index (χ0v) is 14.5. The molecule has 2 aromatic carbocycles. The Hall–Kier alpha value is -1.89. The number of para-hydroxylation sites is 1. The van der Waals surface area contributed by atoms with Crippen LogP contribution in [-0.4, -0.2) is 45.5 Å². The summed E-state index contributed by atoms with van der Waals surface area (Å²) < 4.78 is 32.7. The van der Waals surface area contributed by atoms with Crippen molar-refractivity contribution in [1.29, 1.82) is 0 Å². The molecule has 5 nitrogen and oxygen atoms in total. The quantitative estimate of drug-likeness (QED) is 0.898. The number of piperazine rings is 1. The third-order valence-corrected chi connectivity index (χ3v) is 6.13. The highest BCUT2D eigenvalue weighted by molar-refractivity contribution is 7.89. The fraction of sp³-hybridized carbons (Fsp3) is 0.333. The number of rotatable bonds is 5. The minimum absolute atomic E-state index is 0.102. The van der Waals surface area contributed by atoms with Crippen molar-refractivity contribution in [2.75, 3.05) is 26.7 Å². The standard InChI is InChI=1S/C18H22N2O3S/c1-23-17-9-5-6-10-18(17)24(21,22)20-12-11-19-16(14-20)13-15-7-3-2-4-8-15/h2-10,16,19H,11-14H2,1H3/t16-/m0/s1. The van der Waals surface area contributed by atoms with Crippen LogP contribution in [0.4, 0.5) is 0 Å². The van der Waals surface area contributed by atoms with Crippen molar-refractivity contribution < 1.29 is 13.2 Å². The van der Waals surface area contributed by atoms with Crippen molar-refractivity contribution in [3.63, 3.8) is 0 Å². The second-order valence-corrected chi connectivity index (χ2v) is 7.76. The van der Waals surface area contributed by atoms with E-state index in [1.807, 2.05) is 18.2 Å². The number of nitrogens with zero attached hydrogens (tertiary/aromatic N) is 1. The minimum Gasteiger partial charge on any atom is -0.495 e. The molecule has 0 spiro atoms. The number of ether oxygens (including phenoxy) is 1. The zero-order valence-electron chi connectivity index (χ0n) is 13.7. The van der Waals surface area contributed by atoms with E-state index in [0.29, 0.717) is 25.4 Å². The molecule has 1 N–H and O–H groups in total. The molecule has 1 aliphatic rings. The lowest BCUT2D eigenvalue weighted by molar-refractivity contribution is 0.295. The monoisotopic (exact) mass is 346 g/mol. The van der Waals surface area contributed by atoms with Crippen LogP contribution in [0.5, 0.6) is 5.75 Å². The molecule has 1 atom stereocenters. The molecule has 2 aromatic rings. The highest BCUT2D eigenvalue weighted by Crippen LogP contribution is 2.27. The van der Waals surface area contributed by atoms with Gasteiger partial charge in [0, 0.05) is 25.7 Å². The van der Waals surface area contributed by atoms with Gasteiger partial charge in [-0.15, -0.1) is 0 Å². The largest absolute Gasteiger partial charge is 0.495 e. The van der Waals surface area contributed by atoms with Gasteiger partial charge in [-0.05, 0) is 24.1 Å². The third-order valence-electron chi connectivity index (χ3n) is 4.23. The minimum atomic E-state index is -3.56. The van der Waals surface area contributed by atoms with E-state index < -0.39 is 10.0 Å². The average Bonchev–Trinajstić information content (AvgIpc) is 2.63. The second kappa shape index (κ2) is 7.34. The van der Waals surface area contributed by atoms with Crippen LogP contribution in [0, 0.1) is 0 Å². The Morgan fingerprint density at radius 2 is 1.83 bits per heavy atom. The molecule has 0 amide bonds. The number of hydrogen-bond donors (Lipinski definition) is 1. The first kappa shape index (κ1) is 17.0. The molecule has 24 heavy (non-hydrogen) atoms. The zero-order chi connectivity index (χ0) is 17.0. The van der Waals surface area contributed by atoms with Crippen LogP contribution in [0.3, 0.4) is 0 Å². The number of hydrogen-bond acceptors (Lipinski definition) is 4. The first-order valence-corrected chi connectivity index (χ1v) is 9.46. The number of methoxy groups -OCH3 is 1. The molecule has 3 rings (SSSR count). The third kappa shape index (κ3) is 3.61. The topological polar surface area (TPSA) is 58.6 Å². The van der Waals surface area contributed by atoms with Gasteiger partial charge in [0.15, 0.2) is 0 Å². The van der Waals surface area contributed by atoms with Gasteiger partial charge in [-0.2, -0.15) is 4.31 Å². The van der Waals surface area contributed by atoms with Crippen LogP contribution < -0.4 is 10.1 Å². The van der Waals surface area contributed by atoms with E-state index in [9.17, 15) is 8.42 Å². The summed E-state index contributed by atoms with van der Waals surface area (Å²) in [7, 11) is -2.07. The second-order valence-electron chi connectivity index (χ2n) is 5.85. The van der Waals surface area contributed by atoms with Gasteiger partial charge in [0.05, 0.1) is 7.11 Å². The lowest BCUT2D eigenvalue weighted by Gasteiger charge is -2.33. The highest BCUT2D eigenvalue weighted by atomic mass is 32.2. The van der Waals surface area contributed by atoms with Gasteiger partial charge in [-0.25, -0.2) is 8.42 Å². The van der Waals surface area contributed by atoms with Crippen LogP contribution in [0.25, 0.3) is 0 Å². The summed E-state index contributed by atoms with van der Waals surface area (Å²) in [4.78, 5) is 0.230. The molecule has 0 bridgehead atoms. The maximum atomic E-state index is 13.0. The molecule has 1 heterocycles. The van der Waals surface area contributed by atoms with Crippen molar-refractivity contribution in [2.45, 2.75) is 17.4 Å². The van der Waals surface area contributed by atoms with Crippen molar-refractivity contribution in [2.24, 2.45) is 0 Å². The number of benzene rings is 2. The van der Waals surface area contributed by atoms with E-state index in [-0.39, 0.29) is 10.9 Å². The van der Waals surface area contributed by atoms with Gasteiger partial charge in [0.2, 0.25) is 10.0 Å². The SMILES string of the molecule is COc1ccccc1S(=O)(=O)N1CCN[C@@H](Cc2ccccc2)C1. The molecule has 0 radical (unpaired) electrons. The van der Waals surface area contributed by atoms with Gasteiger partial charge in [0.25, 0.3) is 0 Å². The molecule has 6 heteroatoms. The molecule has 128 valence electrons. The Kier molecular flexibility index (Phi) is 5.18. The van der Waals surface area contributed by atoms with E-state index in [0.717, 1.165) is 6.42 Å². The van der Waals surface area contributed by atoms with E-state index in [4.69, 9.17) is 4.74 Å². The van der Waals surface area contributed by atoms with E-state index in [1.165, 1.54) is 12.7 Å². The predicted molar refractivity (Wildman–Crippen MR) is 93.7 cm³/mol. The Bertz CT molecular complexity index is 778. The van der Waals surface area contributed by atoms with Gasteiger partial charge in [-0.1, -0.05) is 42.5 Å². The Balaban J connectivity index is 1.78. The van der Waals surface area contributed by atoms with Gasteiger partial charge in [-0.3, -0.25) is 0 Å². The van der Waals surface area contributed by atoms with Crippen LogP contribution in [0.15, 0.2) is 59.5 Å². The first-order chi connectivity index (χ1) is 11.6. The van der Waals surface area contributed by atoms with Crippen molar-refractivity contribution >= 4 is 10.0 Å². The maximum Gasteiger partial charge on any atom is 0.246 e. The van der Waals surface area contributed by atoms with Crippen molar-refractivity contribution in [3.8, 4) is 5.75 Å². The predicted octanol–water partition coefficient (Wildman–Crippen LogP) is 1.90. The smallest absolute Gasteiger partial charge is 0.246 e. The fourth-order valence-electron chi connectivity index (χ4n) is 3.02. The van der Waals surface area contributed by atoms with Crippen LogP contribution in [-0.2, 0) is 16.4 Å². The summed E-state index contributed by atoms with van der Waals surface area (Å²) in [5.74, 6) is 0.385. The van der Waals surface area contributed by atoms with Crippen LogP contribution in [0.2, 0.25) is 0 Å². The molecule has 0 aromatic heterocycles. The van der Waals surface area contributed by atoms with E-state index >= 15 is 0 Å². The summed E-state index contributed by atoms with van der Waals surface area (Å²) in [6, 6.07) is 17.0. The normalized spacial score (nSPS) is 19.1. The molecule has 0 unspecified atom stereocenters. The average molecular weight is 346 g/mol. The van der Waals surface area contributed by atoms with Crippen LogP contribution in [0.1, 0.15) is 5.56 Å². The maximum absolute atomic E-state index is 13.0. The van der Waals surface area contributed by atoms with Crippen molar-refractivity contribution in [3.05, 3.63) is 60.2 Å².